The van der Waals surface area contributed by atoms with Gasteiger partial charge in [-0.05, 0) is 36.4 Å². The molecule has 6 N–H and O–H groups in total. The molecule has 0 aliphatic rings. The lowest BCUT2D eigenvalue weighted by atomic mass is 10.2. The highest BCUT2D eigenvalue weighted by Crippen LogP contribution is 2.28. The number of hydrogen-bond donors (Lipinski definition) is 3. The Morgan fingerprint density at radius 2 is 1.91 bits per heavy atom. The van der Waals surface area contributed by atoms with E-state index in [1.807, 2.05) is 6.07 Å². The second-order valence-corrected chi connectivity index (χ2v) is 5.12. The fourth-order valence-corrected chi connectivity index (χ4v) is 2.19. The van der Waals surface area contributed by atoms with Gasteiger partial charge in [-0.2, -0.15) is 4.99 Å². The first-order valence-electron chi connectivity index (χ1n) is 6.61. The third kappa shape index (κ3) is 3.41. The first kappa shape index (κ1) is 14.9. The molecule has 116 valence electrons. The van der Waals surface area contributed by atoms with Crippen LogP contribution in [0.2, 0.25) is 5.02 Å². The van der Waals surface area contributed by atoms with Gasteiger partial charge >= 0.3 is 0 Å². The molecule has 1 aromatic heterocycles. The summed E-state index contributed by atoms with van der Waals surface area (Å²) in [6.45, 7) is 0. The minimum absolute atomic E-state index is 0.0357. The van der Waals surface area contributed by atoms with Gasteiger partial charge in [0.05, 0.1) is 5.69 Å². The third-order valence-electron chi connectivity index (χ3n) is 2.93. The molecule has 0 aliphatic carbocycles. The second-order valence-electron chi connectivity index (χ2n) is 4.69. The fraction of sp³-hybridized carbons (Fsp3) is 0. The number of guanidine groups is 2. The number of aliphatic imine (C=N–C) groups is 2. The normalized spacial score (nSPS) is 11.6. The second kappa shape index (κ2) is 5.98. The van der Waals surface area contributed by atoms with E-state index in [0.29, 0.717) is 27.7 Å². The van der Waals surface area contributed by atoms with Gasteiger partial charge < -0.3 is 21.6 Å². The Morgan fingerprint density at radius 1 is 1.09 bits per heavy atom. The Labute approximate surface area is 136 Å². The van der Waals surface area contributed by atoms with E-state index >= 15 is 0 Å². The molecule has 7 nitrogen and oxygen atoms in total. The Kier molecular flexibility index (Phi) is 3.86. The van der Waals surface area contributed by atoms with Crippen LogP contribution in [0.4, 0.5) is 5.69 Å². The van der Waals surface area contributed by atoms with Crippen LogP contribution in [0.25, 0.3) is 22.6 Å². The number of hydrogen-bond acceptors (Lipinski definition) is 3. The maximum Gasteiger partial charge on any atom is 0.227 e. The molecular weight excluding hydrogens is 316 g/mol. The molecule has 0 atom stereocenters. The predicted molar refractivity (Wildman–Crippen MR) is 91.5 cm³/mol. The van der Waals surface area contributed by atoms with Gasteiger partial charge in [0.2, 0.25) is 11.9 Å². The van der Waals surface area contributed by atoms with Gasteiger partial charge in [0, 0.05) is 10.6 Å². The van der Waals surface area contributed by atoms with Crippen molar-refractivity contribution in [2.75, 3.05) is 0 Å². The largest absolute Gasteiger partial charge is 0.436 e. The zero-order valence-corrected chi connectivity index (χ0v) is 12.7. The predicted octanol–water partition coefficient (Wildman–Crippen LogP) is 2.37. The zero-order chi connectivity index (χ0) is 16.4. The van der Waals surface area contributed by atoms with Gasteiger partial charge in [-0.15, -0.1) is 0 Å². The lowest BCUT2D eigenvalue weighted by Gasteiger charge is -1.99. The fourth-order valence-electron chi connectivity index (χ4n) is 2.02. The van der Waals surface area contributed by atoms with E-state index < -0.39 is 0 Å². The van der Waals surface area contributed by atoms with Crippen LogP contribution in [0.3, 0.4) is 0 Å². The third-order valence-corrected chi connectivity index (χ3v) is 3.17. The maximum atomic E-state index is 5.95. The van der Waals surface area contributed by atoms with E-state index in [-0.39, 0.29) is 11.9 Å². The van der Waals surface area contributed by atoms with Gasteiger partial charge in [-0.3, -0.25) is 0 Å². The molecular formula is C15H13ClN6O. The van der Waals surface area contributed by atoms with Crippen molar-refractivity contribution in [3.63, 3.8) is 0 Å². The molecule has 0 amide bonds. The Balaban J connectivity index is 1.99. The first-order chi connectivity index (χ1) is 11.0. The zero-order valence-electron chi connectivity index (χ0n) is 11.9. The van der Waals surface area contributed by atoms with Gasteiger partial charge in [0.25, 0.3) is 0 Å². The number of fused-ring (bicyclic) bond motifs is 1. The number of aromatic nitrogens is 1. The number of halogens is 1. The summed E-state index contributed by atoms with van der Waals surface area (Å²) in [4.78, 5) is 12.2. The average molecular weight is 329 g/mol. The summed E-state index contributed by atoms with van der Waals surface area (Å²) in [6.07, 6.45) is 0. The van der Waals surface area contributed by atoms with Crippen LogP contribution in [-0.2, 0) is 0 Å². The average Bonchev–Trinajstić information content (AvgIpc) is 2.89. The highest BCUT2D eigenvalue weighted by atomic mass is 35.5. The molecule has 8 heteroatoms. The van der Waals surface area contributed by atoms with E-state index in [2.05, 4.69) is 15.0 Å². The smallest absolute Gasteiger partial charge is 0.227 e. The number of oxazole rings is 1. The van der Waals surface area contributed by atoms with Crippen molar-refractivity contribution in [1.29, 1.82) is 0 Å². The van der Waals surface area contributed by atoms with E-state index in [1.165, 1.54) is 0 Å². The van der Waals surface area contributed by atoms with Crippen LogP contribution in [0.1, 0.15) is 0 Å². The molecule has 0 aliphatic heterocycles. The SMILES string of the molecule is NC(N)=NC(N)=Nc1cccc(-c2nc3cc(Cl)ccc3o2)c1. The molecule has 3 rings (SSSR count). The van der Waals surface area contributed by atoms with Crippen molar-refractivity contribution >= 4 is 40.3 Å². The van der Waals surface area contributed by atoms with Crippen molar-refractivity contribution in [1.82, 2.24) is 4.98 Å². The molecule has 3 aromatic rings. The molecule has 0 bridgehead atoms. The van der Waals surface area contributed by atoms with Gasteiger partial charge in [-0.25, -0.2) is 9.98 Å². The molecule has 0 radical (unpaired) electrons. The summed E-state index contributed by atoms with van der Waals surface area (Å²) in [7, 11) is 0. The number of nitrogens with two attached hydrogens (primary N) is 3. The maximum absolute atomic E-state index is 5.95. The minimum Gasteiger partial charge on any atom is -0.436 e. The molecule has 23 heavy (non-hydrogen) atoms. The minimum atomic E-state index is -0.154. The molecule has 0 saturated heterocycles. The topological polar surface area (TPSA) is 129 Å². The van der Waals surface area contributed by atoms with Crippen LogP contribution in [0.5, 0.6) is 0 Å². The Bertz CT molecular complexity index is 927. The highest BCUT2D eigenvalue weighted by molar-refractivity contribution is 6.31. The molecule has 0 fully saturated rings. The van der Waals surface area contributed by atoms with Gasteiger partial charge in [-0.1, -0.05) is 17.7 Å². The molecule has 0 spiro atoms. The van der Waals surface area contributed by atoms with Crippen molar-refractivity contribution in [3.8, 4) is 11.5 Å². The van der Waals surface area contributed by atoms with Crippen molar-refractivity contribution in [2.24, 2.45) is 27.2 Å². The number of benzene rings is 2. The standard InChI is InChI=1S/C15H13ClN6O/c16-9-4-5-12-11(7-9)21-13(23-12)8-2-1-3-10(6-8)20-15(19)22-14(17)18/h1-7H,(H6,17,18,19,20,22). The summed E-state index contributed by atoms with van der Waals surface area (Å²) in [5.41, 5.74) is 18.8. The summed E-state index contributed by atoms with van der Waals surface area (Å²) in [6, 6.07) is 12.4. The molecule has 2 aromatic carbocycles. The highest BCUT2D eigenvalue weighted by Gasteiger charge is 2.09. The van der Waals surface area contributed by atoms with E-state index in [4.69, 9.17) is 33.2 Å². The van der Waals surface area contributed by atoms with Crippen LogP contribution in [0, 0.1) is 0 Å². The van der Waals surface area contributed by atoms with Crippen molar-refractivity contribution < 1.29 is 4.42 Å². The summed E-state index contributed by atoms with van der Waals surface area (Å²) >= 11 is 5.95. The first-order valence-corrected chi connectivity index (χ1v) is 6.99. The van der Waals surface area contributed by atoms with Gasteiger partial charge in [0.1, 0.15) is 5.52 Å². The van der Waals surface area contributed by atoms with Crippen LogP contribution in [0.15, 0.2) is 56.9 Å². The monoisotopic (exact) mass is 328 g/mol. The van der Waals surface area contributed by atoms with E-state index in [9.17, 15) is 0 Å². The summed E-state index contributed by atoms with van der Waals surface area (Å²) in [5.74, 6) is 0.268. The molecule has 1 heterocycles. The summed E-state index contributed by atoms with van der Waals surface area (Å²) in [5, 5.41) is 0.598. The molecule has 0 unspecified atom stereocenters. The van der Waals surface area contributed by atoms with Crippen LogP contribution in [-0.4, -0.2) is 16.9 Å². The Hall–Kier alpha value is -3.06. The quantitative estimate of drug-likeness (QED) is 0.491. The van der Waals surface area contributed by atoms with E-state index in [1.54, 1.807) is 36.4 Å². The van der Waals surface area contributed by atoms with Crippen molar-refractivity contribution in [2.45, 2.75) is 0 Å². The lowest BCUT2D eigenvalue weighted by molar-refractivity contribution is 0.620. The molecule has 0 saturated carbocycles. The summed E-state index contributed by atoms with van der Waals surface area (Å²) < 4.78 is 5.72. The van der Waals surface area contributed by atoms with Crippen LogP contribution < -0.4 is 17.2 Å². The van der Waals surface area contributed by atoms with Gasteiger partial charge in [0.15, 0.2) is 11.5 Å². The number of nitrogens with zero attached hydrogens (tertiary/aromatic N) is 3. The van der Waals surface area contributed by atoms with Crippen LogP contribution >= 0.6 is 11.6 Å². The lowest BCUT2D eigenvalue weighted by Crippen LogP contribution is -2.26. The van der Waals surface area contributed by atoms with Crippen molar-refractivity contribution in [3.05, 3.63) is 47.5 Å². The van der Waals surface area contributed by atoms with E-state index in [0.717, 1.165) is 5.56 Å². The number of rotatable bonds is 2. The Morgan fingerprint density at radius 3 is 2.70 bits per heavy atom.